The molecule has 1 N–H and O–H groups in total. The highest BCUT2D eigenvalue weighted by Crippen LogP contribution is 2.24. The zero-order chi connectivity index (χ0) is 18.8. The average molecular weight is 363 g/mol. The first-order valence-corrected chi connectivity index (χ1v) is 7.69. The number of tetrazole rings is 1. The first kappa shape index (κ1) is 16.3. The summed E-state index contributed by atoms with van der Waals surface area (Å²) in [4.78, 5) is 16.2. The Balaban J connectivity index is 1.62. The normalized spacial score (nSPS) is 10.7. The molecular weight excluding hydrogens is 353 g/mol. The van der Waals surface area contributed by atoms with E-state index in [0.717, 1.165) is 0 Å². The minimum Gasteiger partial charge on any atom is -0.292 e. The lowest BCUT2D eigenvalue weighted by molar-refractivity contribution is -0.117. The van der Waals surface area contributed by atoms with E-state index in [0.29, 0.717) is 22.3 Å². The van der Waals surface area contributed by atoms with Gasteiger partial charge >= 0.3 is 0 Å². The van der Waals surface area contributed by atoms with Crippen molar-refractivity contribution in [3.8, 4) is 17.2 Å². The third kappa shape index (κ3) is 3.31. The van der Waals surface area contributed by atoms with Crippen molar-refractivity contribution in [2.24, 2.45) is 0 Å². The Kier molecular flexibility index (Phi) is 3.98. The molecule has 4 aromatic rings. The highest BCUT2D eigenvalue weighted by Gasteiger charge is 2.12. The van der Waals surface area contributed by atoms with E-state index >= 15 is 0 Å². The number of fused-ring (bicyclic) bond motifs is 1. The molecule has 0 aliphatic rings. The van der Waals surface area contributed by atoms with E-state index in [-0.39, 0.29) is 12.5 Å². The van der Waals surface area contributed by atoms with Gasteiger partial charge in [0.05, 0.1) is 11.6 Å². The minimum atomic E-state index is -0.446. The Morgan fingerprint density at radius 3 is 2.96 bits per heavy atom. The van der Waals surface area contributed by atoms with Gasteiger partial charge in [0, 0.05) is 17.3 Å². The van der Waals surface area contributed by atoms with Gasteiger partial charge in [-0.15, -0.1) is 10.2 Å². The second kappa shape index (κ2) is 6.60. The molecule has 0 fully saturated rings. The number of carbonyl (C=O) groups excluding carboxylic acids is 1. The summed E-state index contributed by atoms with van der Waals surface area (Å²) < 4.78 is 16.3. The van der Waals surface area contributed by atoms with Crippen molar-refractivity contribution in [2.45, 2.75) is 6.54 Å². The maximum atomic E-state index is 13.6. The second-order valence-electron chi connectivity index (χ2n) is 5.51. The maximum absolute atomic E-state index is 13.6. The number of hydrogen-bond donors (Lipinski definition) is 1. The van der Waals surface area contributed by atoms with Gasteiger partial charge in [0.2, 0.25) is 11.9 Å². The van der Waals surface area contributed by atoms with Crippen LogP contribution in [0.2, 0.25) is 0 Å². The molecule has 27 heavy (non-hydrogen) atoms. The molecule has 0 aliphatic carbocycles. The number of amides is 1. The van der Waals surface area contributed by atoms with E-state index in [1.54, 1.807) is 18.3 Å². The molecule has 0 spiro atoms. The number of carbonyl (C=O) groups is 1. The number of hydrogen-bond acceptors (Lipinski definition) is 7. The predicted octanol–water partition coefficient (Wildman–Crippen LogP) is 1.03. The standard InChI is InChI=1S/C16H10FN9O/c17-12-3-1-10(6-18)13(5-12)11-2-4-14-20-16(22-26(14)7-11)21-15(27)8-25-9-19-23-24-25/h1-5,7,9H,8H2,(H,21,22,27). The Morgan fingerprint density at radius 1 is 1.30 bits per heavy atom. The number of nitrogens with zero attached hydrogens (tertiary/aromatic N) is 8. The van der Waals surface area contributed by atoms with Crippen LogP contribution in [0, 0.1) is 17.1 Å². The summed E-state index contributed by atoms with van der Waals surface area (Å²) in [5.41, 5.74) is 1.85. The van der Waals surface area contributed by atoms with Crippen LogP contribution < -0.4 is 5.32 Å². The van der Waals surface area contributed by atoms with Crippen LogP contribution in [0.4, 0.5) is 10.3 Å². The van der Waals surface area contributed by atoms with E-state index in [4.69, 9.17) is 0 Å². The van der Waals surface area contributed by atoms with Crippen LogP contribution in [-0.4, -0.2) is 40.7 Å². The molecule has 0 atom stereocenters. The molecule has 10 nitrogen and oxygen atoms in total. The Hall–Kier alpha value is -4.20. The highest BCUT2D eigenvalue weighted by molar-refractivity contribution is 5.88. The van der Waals surface area contributed by atoms with E-state index in [9.17, 15) is 14.4 Å². The Bertz CT molecular complexity index is 1180. The smallest absolute Gasteiger partial charge is 0.249 e. The summed E-state index contributed by atoms with van der Waals surface area (Å²) in [6, 6.07) is 9.32. The molecule has 0 unspecified atom stereocenters. The number of nitrogens with one attached hydrogen (secondary N) is 1. The quantitative estimate of drug-likeness (QED) is 0.574. The molecule has 11 heteroatoms. The molecule has 1 amide bonds. The number of aromatic nitrogens is 7. The number of pyridine rings is 1. The van der Waals surface area contributed by atoms with Gasteiger partial charge in [0.1, 0.15) is 18.7 Å². The van der Waals surface area contributed by atoms with Gasteiger partial charge in [-0.25, -0.2) is 13.6 Å². The van der Waals surface area contributed by atoms with E-state index in [1.165, 1.54) is 33.7 Å². The van der Waals surface area contributed by atoms with Gasteiger partial charge in [-0.3, -0.25) is 10.1 Å². The van der Waals surface area contributed by atoms with Crippen LogP contribution in [0.15, 0.2) is 42.9 Å². The van der Waals surface area contributed by atoms with Crippen molar-refractivity contribution in [2.75, 3.05) is 5.32 Å². The fourth-order valence-electron chi connectivity index (χ4n) is 2.51. The van der Waals surface area contributed by atoms with Crippen molar-refractivity contribution in [3.05, 3.63) is 54.2 Å². The molecular formula is C16H10FN9O. The molecule has 0 radical (unpaired) electrons. The lowest BCUT2D eigenvalue weighted by atomic mass is 10.0. The van der Waals surface area contributed by atoms with Crippen molar-refractivity contribution in [3.63, 3.8) is 0 Å². The summed E-state index contributed by atoms with van der Waals surface area (Å²) in [5, 5.41) is 26.4. The third-order valence-electron chi connectivity index (χ3n) is 3.69. The number of anilines is 1. The van der Waals surface area contributed by atoms with E-state index < -0.39 is 11.7 Å². The van der Waals surface area contributed by atoms with Crippen molar-refractivity contribution >= 4 is 17.5 Å². The fraction of sp³-hybridized carbons (Fsp3) is 0.0625. The van der Waals surface area contributed by atoms with Gasteiger partial charge in [-0.1, -0.05) is 0 Å². The first-order valence-electron chi connectivity index (χ1n) is 7.69. The number of rotatable bonds is 4. The van der Waals surface area contributed by atoms with Crippen LogP contribution in [0.1, 0.15) is 5.56 Å². The summed E-state index contributed by atoms with van der Waals surface area (Å²) in [5.74, 6) is -0.737. The lowest BCUT2D eigenvalue weighted by Gasteiger charge is -2.04. The largest absolute Gasteiger partial charge is 0.292 e. The van der Waals surface area contributed by atoms with Crippen LogP contribution >= 0.6 is 0 Å². The molecule has 0 aliphatic heterocycles. The van der Waals surface area contributed by atoms with Gasteiger partial charge < -0.3 is 0 Å². The summed E-state index contributed by atoms with van der Waals surface area (Å²) in [6.45, 7) is -0.0807. The topological polar surface area (TPSA) is 127 Å². The third-order valence-corrected chi connectivity index (χ3v) is 3.69. The van der Waals surface area contributed by atoms with Crippen molar-refractivity contribution in [1.29, 1.82) is 5.26 Å². The van der Waals surface area contributed by atoms with E-state index in [1.807, 2.05) is 6.07 Å². The lowest BCUT2D eigenvalue weighted by Crippen LogP contribution is -2.19. The highest BCUT2D eigenvalue weighted by atomic mass is 19.1. The second-order valence-corrected chi connectivity index (χ2v) is 5.51. The van der Waals surface area contributed by atoms with Gasteiger partial charge in [0.25, 0.3) is 0 Å². The first-order chi connectivity index (χ1) is 13.1. The van der Waals surface area contributed by atoms with Crippen LogP contribution in [0.3, 0.4) is 0 Å². The summed E-state index contributed by atoms with van der Waals surface area (Å²) in [6.07, 6.45) is 2.92. The summed E-state index contributed by atoms with van der Waals surface area (Å²) in [7, 11) is 0. The van der Waals surface area contributed by atoms with Gasteiger partial charge in [0.15, 0.2) is 5.65 Å². The average Bonchev–Trinajstić information content (AvgIpc) is 3.29. The molecule has 3 heterocycles. The molecule has 3 aromatic heterocycles. The van der Waals surface area contributed by atoms with Crippen molar-refractivity contribution in [1.82, 2.24) is 34.8 Å². The predicted molar refractivity (Wildman–Crippen MR) is 89.5 cm³/mol. The van der Waals surface area contributed by atoms with Crippen LogP contribution in [0.5, 0.6) is 0 Å². The SMILES string of the molecule is N#Cc1ccc(F)cc1-c1ccc2nc(NC(=O)Cn3cnnn3)nn2c1. The molecule has 0 bridgehead atoms. The van der Waals surface area contributed by atoms with Crippen LogP contribution in [0.25, 0.3) is 16.8 Å². The molecule has 1 aromatic carbocycles. The molecule has 0 saturated heterocycles. The number of benzene rings is 1. The zero-order valence-electron chi connectivity index (χ0n) is 13.6. The minimum absolute atomic E-state index is 0.0807. The zero-order valence-corrected chi connectivity index (χ0v) is 13.6. The molecule has 0 saturated carbocycles. The fourth-order valence-corrected chi connectivity index (χ4v) is 2.51. The van der Waals surface area contributed by atoms with Gasteiger partial charge in [-0.05, 0) is 40.8 Å². The number of halogens is 1. The number of nitriles is 1. The van der Waals surface area contributed by atoms with E-state index in [2.05, 4.69) is 30.9 Å². The van der Waals surface area contributed by atoms with Crippen molar-refractivity contribution < 1.29 is 9.18 Å². The maximum Gasteiger partial charge on any atom is 0.249 e. The van der Waals surface area contributed by atoms with Crippen LogP contribution in [-0.2, 0) is 11.3 Å². The molecule has 132 valence electrons. The molecule has 4 rings (SSSR count). The Morgan fingerprint density at radius 2 is 2.19 bits per heavy atom. The van der Waals surface area contributed by atoms with Gasteiger partial charge in [-0.2, -0.15) is 10.2 Å². The monoisotopic (exact) mass is 363 g/mol. The Labute approximate surface area is 150 Å². The summed E-state index contributed by atoms with van der Waals surface area (Å²) >= 11 is 0.